The topological polar surface area (TPSA) is 46.4 Å². The maximum atomic E-state index is 5.82. The maximum absolute atomic E-state index is 5.82. The van der Waals surface area contributed by atoms with Gasteiger partial charge in [-0.15, -0.1) is 5.10 Å². The van der Waals surface area contributed by atoms with Crippen LogP contribution in [0.3, 0.4) is 0 Å². The predicted octanol–water partition coefficient (Wildman–Crippen LogP) is 2.81. The third-order valence-corrected chi connectivity index (χ3v) is 6.05. The van der Waals surface area contributed by atoms with Crippen LogP contribution in [-0.2, 0) is 11.3 Å². The minimum absolute atomic E-state index is 0.261. The van der Waals surface area contributed by atoms with Gasteiger partial charge in [0.05, 0.1) is 25.4 Å². The Balaban J connectivity index is 1.36. The Hall–Kier alpha value is -2.20. The van der Waals surface area contributed by atoms with E-state index in [9.17, 15) is 0 Å². The highest BCUT2D eigenvalue weighted by Crippen LogP contribution is 2.22. The molecule has 3 heterocycles. The van der Waals surface area contributed by atoms with Gasteiger partial charge in [0.15, 0.2) is 0 Å². The molecule has 6 nitrogen and oxygen atoms in total. The number of aryl methyl sites for hydroxylation is 1. The lowest BCUT2D eigenvalue weighted by Crippen LogP contribution is -2.29. The van der Waals surface area contributed by atoms with E-state index in [2.05, 4.69) is 64.1 Å². The molecule has 1 atom stereocenters. The van der Waals surface area contributed by atoms with E-state index in [0.29, 0.717) is 0 Å². The molecule has 0 amide bonds. The van der Waals surface area contributed by atoms with Crippen LogP contribution in [0.5, 0.6) is 0 Å². The standard InChI is InChI=1S/C24H33N5O/c1-20-17-21(7-5-12-28-13-6-11-27(2)14-15-28)9-10-23(20)24-19-29(26-25-24)18-22-8-3-4-16-30-22/h9-10,17,19,22H,3-4,6,8,11-16,18H2,1-2H3. The van der Waals surface area contributed by atoms with E-state index in [4.69, 9.17) is 4.74 Å². The van der Waals surface area contributed by atoms with E-state index in [1.807, 2.05) is 10.9 Å². The normalized spacial score (nSPS) is 21.1. The first-order valence-electron chi connectivity index (χ1n) is 11.2. The largest absolute Gasteiger partial charge is 0.376 e. The summed E-state index contributed by atoms with van der Waals surface area (Å²) in [6, 6.07) is 6.36. The molecule has 0 saturated carbocycles. The van der Waals surface area contributed by atoms with E-state index in [-0.39, 0.29) is 6.10 Å². The fourth-order valence-electron chi connectivity index (χ4n) is 4.21. The van der Waals surface area contributed by atoms with Gasteiger partial charge in [-0.1, -0.05) is 23.1 Å². The lowest BCUT2D eigenvalue weighted by molar-refractivity contribution is 0.00370. The second-order valence-electron chi connectivity index (χ2n) is 8.58. The first kappa shape index (κ1) is 21.0. The first-order chi connectivity index (χ1) is 14.7. The zero-order valence-corrected chi connectivity index (χ0v) is 18.3. The van der Waals surface area contributed by atoms with Crippen molar-refractivity contribution < 1.29 is 4.74 Å². The second kappa shape index (κ2) is 10.2. The molecule has 6 heteroatoms. The van der Waals surface area contributed by atoms with Crippen molar-refractivity contribution in [1.29, 1.82) is 0 Å². The zero-order chi connectivity index (χ0) is 20.8. The van der Waals surface area contributed by atoms with Crippen LogP contribution in [0.15, 0.2) is 24.4 Å². The first-order valence-corrected chi connectivity index (χ1v) is 11.2. The van der Waals surface area contributed by atoms with Crippen molar-refractivity contribution in [3.8, 4) is 23.1 Å². The molecule has 2 aliphatic heterocycles. The second-order valence-corrected chi connectivity index (χ2v) is 8.58. The highest BCUT2D eigenvalue weighted by Gasteiger charge is 2.16. The summed E-state index contributed by atoms with van der Waals surface area (Å²) < 4.78 is 7.73. The molecule has 2 saturated heterocycles. The molecule has 2 fully saturated rings. The summed E-state index contributed by atoms with van der Waals surface area (Å²) in [5.74, 6) is 6.70. The summed E-state index contributed by atoms with van der Waals surface area (Å²) in [7, 11) is 2.20. The van der Waals surface area contributed by atoms with E-state index in [0.717, 1.165) is 62.6 Å². The van der Waals surface area contributed by atoms with Crippen LogP contribution in [0.1, 0.15) is 36.8 Å². The van der Waals surface area contributed by atoms with Crippen LogP contribution in [0.2, 0.25) is 0 Å². The van der Waals surface area contributed by atoms with Gasteiger partial charge in [0.25, 0.3) is 0 Å². The molecular weight excluding hydrogens is 374 g/mol. The monoisotopic (exact) mass is 407 g/mol. The van der Waals surface area contributed by atoms with Crippen LogP contribution < -0.4 is 0 Å². The lowest BCUT2D eigenvalue weighted by atomic mass is 10.0. The lowest BCUT2D eigenvalue weighted by Gasteiger charge is -2.21. The summed E-state index contributed by atoms with van der Waals surface area (Å²) in [6.07, 6.45) is 7.03. The average Bonchev–Trinajstić information content (AvgIpc) is 3.10. The summed E-state index contributed by atoms with van der Waals surface area (Å²) in [6.45, 7) is 9.15. The third kappa shape index (κ3) is 5.69. The van der Waals surface area contributed by atoms with Gasteiger partial charge in [0.2, 0.25) is 0 Å². The van der Waals surface area contributed by atoms with Crippen molar-refractivity contribution in [3.63, 3.8) is 0 Å². The number of benzene rings is 1. The highest BCUT2D eigenvalue weighted by molar-refractivity contribution is 5.64. The summed E-state index contributed by atoms with van der Waals surface area (Å²) in [4.78, 5) is 4.85. The average molecular weight is 408 g/mol. The minimum Gasteiger partial charge on any atom is -0.376 e. The van der Waals surface area contributed by atoms with E-state index < -0.39 is 0 Å². The summed E-state index contributed by atoms with van der Waals surface area (Å²) in [5, 5.41) is 8.71. The Morgan fingerprint density at radius 2 is 2.07 bits per heavy atom. The summed E-state index contributed by atoms with van der Waals surface area (Å²) >= 11 is 0. The van der Waals surface area contributed by atoms with E-state index >= 15 is 0 Å². The molecule has 2 aliphatic rings. The number of rotatable bonds is 4. The Labute approximate surface area is 180 Å². The smallest absolute Gasteiger partial charge is 0.113 e. The fourth-order valence-corrected chi connectivity index (χ4v) is 4.21. The van der Waals surface area contributed by atoms with Gasteiger partial charge in [-0.25, -0.2) is 4.68 Å². The molecule has 4 rings (SSSR count). The van der Waals surface area contributed by atoms with Crippen molar-refractivity contribution in [2.45, 2.75) is 45.3 Å². The van der Waals surface area contributed by atoms with Gasteiger partial charge in [-0.3, -0.25) is 4.90 Å². The maximum Gasteiger partial charge on any atom is 0.113 e. The molecule has 0 radical (unpaired) electrons. The van der Waals surface area contributed by atoms with Crippen LogP contribution in [0, 0.1) is 18.8 Å². The molecule has 0 spiro atoms. The molecule has 160 valence electrons. The quantitative estimate of drug-likeness (QED) is 0.730. The van der Waals surface area contributed by atoms with Crippen molar-refractivity contribution in [2.24, 2.45) is 0 Å². The Morgan fingerprint density at radius 3 is 2.90 bits per heavy atom. The van der Waals surface area contributed by atoms with Crippen LogP contribution >= 0.6 is 0 Å². The Bertz CT molecular complexity index is 890. The number of hydrogen-bond donors (Lipinski definition) is 0. The number of nitrogens with zero attached hydrogens (tertiary/aromatic N) is 5. The Morgan fingerprint density at radius 1 is 1.13 bits per heavy atom. The third-order valence-electron chi connectivity index (χ3n) is 6.05. The van der Waals surface area contributed by atoms with Gasteiger partial charge in [0.1, 0.15) is 5.69 Å². The zero-order valence-electron chi connectivity index (χ0n) is 18.3. The number of hydrogen-bond acceptors (Lipinski definition) is 5. The van der Waals surface area contributed by atoms with Gasteiger partial charge >= 0.3 is 0 Å². The number of likely N-dealkylation sites (N-methyl/N-ethyl adjacent to an activating group) is 1. The van der Waals surface area contributed by atoms with E-state index in [1.165, 1.54) is 31.4 Å². The van der Waals surface area contributed by atoms with Gasteiger partial charge in [-0.05, 0) is 63.9 Å². The minimum atomic E-state index is 0.261. The van der Waals surface area contributed by atoms with Crippen LogP contribution in [0.4, 0.5) is 0 Å². The van der Waals surface area contributed by atoms with Crippen molar-refractivity contribution in [2.75, 3.05) is 46.4 Å². The Kier molecular flexibility index (Phi) is 7.16. The van der Waals surface area contributed by atoms with Crippen molar-refractivity contribution >= 4 is 0 Å². The highest BCUT2D eigenvalue weighted by atomic mass is 16.5. The predicted molar refractivity (Wildman–Crippen MR) is 119 cm³/mol. The van der Waals surface area contributed by atoms with Crippen LogP contribution in [-0.4, -0.2) is 77.3 Å². The molecule has 1 aromatic heterocycles. The number of aromatic nitrogens is 3. The van der Waals surface area contributed by atoms with Crippen molar-refractivity contribution in [3.05, 3.63) is 35.5 Å². The van der Waals surface area contributed by atoms with Crippen molar-refractivity contribution in [1.82, 2.24) is 24.8 Å². The molecule has 2 aromatic rings. The van der Waals surface area contributed by atoms with E-state index in [1.54, 1.807) is 0 Å². The summed E-state index contributed by atoms with van der Waals surface area (Å²) in [5.41, 5.74) is 4.27. The molecule has 1 aromatic carbocycles. The number of ether oxygens (including phenoxy) is 1. The molecule has 0 bridgehead atoms. The molecular formula is C24H33N5O. The molecule has 30 heavy (non-hydrogen) atoms. The van der Waals surface area contributed by atoms with Crippen LogP contribution in [0.25, 0.3) is 11.3 Å². The fraction of sp³-hybridized carbons (Fsp3) is 0.583. The van der Waals surface area contributed by atoms with Gasteiger partial charge in [-0.2, -0.15) is 0 Å². The molecule has 0 N–H and O–H groups in total. The molecule has 0 aliphatic carbocycles. The van der Waals surface area contributed by atoms with Gasteiger partial charge < -0.3 is 9.64 Å². The molecule has 1 unspecified atom stereocenters. The van der Waals surface area contributed by atoms with Gasteiger partial charge in [0, 0.05) is 37.4 Å². The SMILES string of the molecule is Cc1cc(C#CCN2CCCN(C)CC2)ccc1-c1cn(CC2CCCCO2)nn1.